The first-order valence-corrected chi connectivity index (χ1v) is 24.6. The van der Waals surface area contributed by atoms with Crippen molar-refractivity contribution in [3.05, 3.63) is 36.5 Å². The van der Waals surface area contributed by atoms with Crippen LogP contribution in [0.25, 0.3) is 0 Å². The molecule has 0 amide bonds. The van der Waals surface area contributed by atoms with E-state index in [1.54, 1.807) is 0 Å². The lowest BCUT2D eigenvalue weighted by molar-refractivity contribution is -0.305. The quantitative estimate of drug-likeness (QED) is 0.0269. The number of hydrogen-bond acceptors (Lipinski definition) is 9. The van der Waals surface area contributed by atoms with E-state index in [4.69, 9.17) is 18.9 Å². The average Bonchev–Trinajstić information content (AvgIpc) is 3.24. The first-order chi connectivity index (χ1) is 28.9. The Kier molecular flexibility index (Phi) is 39.2. The first kappa shape index (κ1) is 55.4. The monoisotopic (exact) mass is 837 g/mol. The number of carbonyl (C=O) groups is 1. The Hall–Kier alpha value is -1.59. The van der Waals surface area contributed by atoms with Gasteiger partial charge in [-0.1, -0.05) is 192 Å². The second kappa shape index (κ2) is 41.7. The van der Waals surface area contributed by atoms with E-state index in [0.29, 0.717) is 13.0 Å². The molecule has 4 N–H and O–H groups in total. The van der Waals surface area contributed by atoms with Crippen LogP contribution in [0.2, 0.25) is 0 Å². The highest BCUT2D eigenvalue weighted by molar-refractivity contribution is 5.69. The molecule has 9 heteroatoms. The van der Waals surface area contributed by atoms with E-state index in [2.05, 4.69) is 50.3 Å². The minimum Gasteiger partial charge on any atom is -0.457 e. The van der Waals surface area contributed by atoms with Crippen molar-refractivity contribution < 1.29 is 44.2 Å². The Morgan fingerprint density at radius 1 is 0.542 bits per heavy atom. The summed E-state index contributed by atoms with van der Waals surface area (Å²) in [6, 6.07) is 0. The van der Waals surface area contributed by atoms with Crippen LogP contribution >= 0.6 is 0 Å². The number of esters is 1. The Morgan fingerprint density at radius 2 is 0.983 bits per heavy atom. The van der Waals surface area contributed by atoms with Gasteiger partial charge in [0, 0.05) is 13.0 Å². The van der Waals surface area contributed by atoms with Crippen molar-refractivity contribution in [2.24, 2.45) is 0 Å². The van der Waals surface area contributed by atoms with Gasteiger partial charge >= 0.3 is 5.97 Å². The highest BCUT2D eigenvalue weighted by Gasteiger charge is 2.44. The fourth-order valence-electron chi connectivity index (χ4n) is 7.44. The molecular weight excluding hydrogens is 745 g/mol. The van der Waals surface area contributed by atoms with E-state index < -0.39 is 43.4 Å². The van der Waals surface area contributed by atoms with Gasteiger partial charge in [0.2, 0.25) is 0 Å². The molecular formula is C50H92O9. The standard InChI is InChI=1S/C50H92O9/c1-3-5-7-9-11-13-15-16-17-18-19-20-21-22-23-24-25-26-27-28-29-31-33-35-37-39-46(52)58-44(43-57-50-49(55)48(54)47(53)45(41-51)59-50)42-56-40-38-36-34-32-30-14-12-10-8-6-4-2/h15-16,18-19,21-22,44-45,47-51,53-55H,3-14,17,20,23-43H2,1-2H3/b16-15-,19-18-,22-21-. The molecule has 1 heterocycles. The number of aliphatic hydroxyl groups excluding tert-OH is 4. The van der Waals surface area contributed by atoms with Gasteiger partial charge in [0.05, 0.1) is 19.8 Å². The summed E-state index contributed by atoms with van der Waals surface area (Å²) in [5, 5.41) is 40.1. The van der Waals surface area contributed by atoms with Gasteiger partial charge in [-0.25, -0.2) is 0 Å². The third-order valence-electron chi connectivity index (χ3n) is 11.3. The molecule has 0 bridgehead atoms. The van der Waals surface area contributed by atoms with Gasteiger partial charge in [0.1, 0.15) is 30.5 Å². The molecule has 0 aliphatic carbocycles. The molecule has 0 spiro atoms. The lowest BCUT2D eigenvalue weighted by atomic mass is 9.99. The maximum atomic E-state index is 12.8. The summed E-state index contributed by atoms with van der Waals surface area (Å²) < 4.78 is 22.8. The Bertz CT molecular complexity index is 999. The van der Waals surface area contributed by atoms with Crippen molar-refractivity contribution in [1.29, 1.82) is 0 Å². The number of ether oxygens (including phenoxy) is 4. The molecule has 1 rings (SSSR count). The lowest BCUT2D eigenvalue weighted by Crippen LogP contribution is -2.59. The van der Waals surface area contributed by atoms with Gasteiger partial charge in [-0.2, -0.15) is 0 Å². The van der Waals surface area contributed by atoms with Gasteiger partial charge in [-0.05, 0) is 51.4 Å². The summed E-state index contributed by atoms with van der Waals surface area (Å²) in [5.41, 5.74) is 0. The summed E-state index contributed by atoms with van der Waals surface area (Å²) in [6.07, 6.45) is 43.2. The minimum atomic E-state index is -1.54. The molecule has 1 aliphatic heterocycles. The zero-order valence-electron chi connectivity index (χ0n) is 38.0. The normalized spacial score (nSPS) is 20.4. The fraction of sp³-hybridized carbons (Fsp3) is 0.860. The zero-order valence-corrected chi connectivity index (χ0v) is 38.0. The first-order valence-electron chi connectivity index (χ1n) is 24.6. The molecule has 346 valence electrons. The maximum absolute atomic E-state index is 12.8. The summed E-state index contributed by atoms with van der Waals surface area (Å²) in [7, 11) is 0. The molecule has 59 heavy (non-hydrogen) atoms. The van der Waals surface area contributed by atoms with Crippen LogP contribution in [-0.4, -0.2) is 89.6 Å². The maximum Gasteiger partial charge on any atom is 0.306 e. The second-order valence-electron chi connectivity index (χ2n) is 16.9. The molecule has 0 radical (unpaired) electrons. The Balaban J connectivity index is 2.17. The van der Waals surface area contributed by atoms with Gasteiger partial charge in [0.25, 0.3) is 0 Å². The van der Waals surface area contributed by atoms with E-state index in [1.807, 2.05) is 0 Å². The van der Waals surface area contributed by atoms with Crippen LogP contribution in [0.5, 0.6) is 0 Å². The van der Waals surface area contributed by atoms with E-state index in [0.717, 1.165) is 44.9 Å². The lowest BCUT2D eigenvalue weighted by Gasteiger charge is -2.39. The third-order valence-corrected chi connectivity index (χ3v) is 11.3. The Morgan fingerprint density at radius 3 is 1.47 bits per heavy atom. The van der Waals surface area contributed by atoms with Crippen LogP contribution in [0.4, 0.5) is 0 Å². The number of carbonyl (C=O) groups excluding carboxylic acids is 1. The number of rotatable bonds is 42. The van der Waals surface area contributed by atoms with Crippen LogP contribution in [0, 0.1) is 0 Å². The van der Waals surface area contributed by atoms with Gasteiger partial charge < -0.3 is 39.4 Å². The molecule has 1 saturated heterocycles. The van der Waals surface area contributed by atoms with E-state index in [1.165, 1.54) is 148 Å². The summed E-state index contributed by atoms with van der Waals surface area (Å²) in [6.45, 7) is 4.56. The van der Waals surface area contributed by atoms with Crippen molar-refractivity contribution in [3.8, 4) is 0 Å². The summed E-state index contributed by atoms with van der Waals surface area (Å²) in [4.78, 5) is 12.8. The van der Waals surface area contributed by atoms with Crippen molar-refractivity contribution >= 4 is 5.97 Å². The van der Waals surface area contributed by atoms with Crippen molar-refractivity contribution in [2.45, 2.75) is 250 Å². The number of allylic oxidation sites excluding steroid dienone is 6. The highest BCUT2D eigenvalue weighted by Crippen LogP contribution is 2.23. The largest absolute Gasteiger partial charge is 0.457 e. The third kappa shape index (κ3) is 32.7. The number of hydrogen-bond donors (Lipinski definition) is 4. The van der Waals surface area contributed by atoms with Crippen LogP contribution in [0.1, 0.15) is 213 Å². The van der Waals surface area contributed by atoms with Crippen molar-refractivity contribution in [2.75, 3.05) is 26.4 Å². The second-order valence-corrected chi connectivity index (χ2v) is 16.9. The predicted octanol–water partition coefficient (Wildman–Crippen LogP) is 11.5. The predicted molar refractivity (Wildman–Crippen MR) is 242 cm³/mol. The zero-order chi connectivity index (χ0) is 42.9. The van der Waals surface area contributed by atoms with Crippen molar-refractivity contribution in [1.82, 2.24) is 0 Å². The molecule has 0 aromatic carbocycles. The Labute approximate surface area is 361 Å². The van der Waals surface area contributed by atoms with Crippen LogP contribution in [0.15, 0.2) is 36.5 Å². The summed E-state index contributed by atoms with van der Waals surface area (Å²) in [5.74, 6) is -0.316. The van der Waals surface area contributed by atoms with Crippen LogP contribution < -0.4 is 0 Å². The van der Waals surface area contributed by atoms with Gasteiger partial charge in [0.15, 0.2) is 6.29 Å². The molecule has 6 atom stereocenters. The van der Waals surface area contributed by atoms with Crippen LogP contribution in [-0.2, 0) is 23.7 Å². The molecule has 6 unspecified atom stereocenters. The van der Waals surface area contributed by atoms with Gasteiger partial charge in [-0.15, -0.1) is 0 Å². The molecule has 0 aromatic rings. The van der Waals surface area contributed by atoms with Crippen LogP contribution in [0.3, 0.4) is 0 Å². The van der Waals surface area contributed by atoms with E-state index in [-0.39, 0.29) is 19.2 Å². The topological polar surface area (TPSA) is 135 Å². The molecule has 9 nitrogen and oxygen atoms in total. The fourth-order valence-corrected chi connectivity index (χ4v) is 7.44. The molecule has 0 saturated carbocycles. The summed E-state index contributed by atoms with van der Waals surface area (Å²) >= 11 is 0. The average molecular weight is 837 g/mol. The number of unbranched alkanes of at least 4 members (excludes halogenated alkanes) is 25. The molecule has 0 aromatic heterocycles. The van der Waals surface area contributed by atoms with E-state index >= 15 is 0 Å². The highest BCUT2D eigenvalue weighted by atomic mass is 16.7. The minimum absolute atomic E-state index is 0.112. The van der Waals surface area contributed by atoms with Crippen molar-refractivity contribution in [3.63, 3.8) is 0 Å². The smallest absolute Gasteiger partial charge is 0.306 e. The molecule has 1 aliphatic rings. The SMILES string of the molecule is CCCCCCC/C=C\C/C=C\C/C=C\CCCCCCCCCCCCC(=O)OC(COCCCCCCCCCCCCC)COC1OC(CO)C(O)C(O)C1O. The van der Waals surface area contributed by atoms with E-state index in [9.17, 15) is 25.2 Å². The van der Waals surface area contributed by atoms with Gasteiger partial charge in [-0.3, -0.25) is 4.79 Å². The number of aliphatic hydroxyl groups is 4. The molecule has 1 fully saturated rings.